The predicted molar refractivity (Wildman–Crippen MR) is 84.8 cm³/mol. The van der Waals surface area contributed by atoms with E-state index in [1.54, 1.807) is 6.92 Å². The van der Waals surface area contributed by atoms with Crippen LogP contribution >= 0.6 is 22.6 Å². The van der Waals surface area contributed by atoms with Gasteiger partial charge in [-0.2, -0.15) is 0 Å². The molecule has 0 bridgehead atoms. The van der Waals surface area contributed by atoms with Crippen molar-refractivity contribution < 1.29 is 23.4 Å². The van der Waals surface area contributed by atoms with Gasteiger partial charge in [-0.1, -0.05) is 0 Å². The van der Waals surface area contributed by atoms with Gasteiger partial charge in [-0.15, -0.1) is 0 Å². The maximum atomic E-state index is 11.9. The number of rotatable bonds is 5. The first-order valence-corrected chi connectivity index (χ1v) is 7.44. The van der Waals surface area contributed by atoms with Gasteiger partial charge in [0.1, 0.15) is 6.10 Å². The molecule has 7 heteroatoms. The highest BCUT2D eigenvalue weighted by Gasteiger charge is 2.19. The monoisotopic (exact) mass is 410 g/mol. The second-order valence-electron chi connectivity index (χ2n) is 5.42. The third-order valence-corrected chi connectivity index (χ3v) is 3.12. The number of ether oxygens (including phenoxy) is 3. The largest absolute Gasteiger partial charge is 0.480 e. The molecule has 0 aliphatic carbocycles. The quantitative estimate of drug-likeness (QED) is 0.549. The van der Waals surface area contributed by atoms with E-state index in [-0.39, 0.29) is 23.2 Å². The summed E-state index contributed by atoms with van der Waals surface area (Å²) in [7, 11) is 1.21. The van der Waals surface area contributed by atoms with Crippen LogP contribution in [0.15, 0.2) is 15.3 Å². The predicted octanol–water partition coefficient (Wildman–Crippen LogP) is 2.61. The first-order chi connectivity index (χ1) is 9.64. The minimum Gasteiger partial charge on any atom is -0.480 e. The average Bonchev–Trinajstić information content (AvgIpc) is 2.38. The van der Waals surface area contributed by atoms with Gasteiger partial charge in [0, 0.05) is 6.07 Å². The Morgan fingerprint density at radius 1 is 1.43 bits per heavy atom. The highest BCUT2D eigenvalue weighted by molar-refractivity contribution is 14.1. The van der Waals surface area contributed by atoms with Gasteiger partial charge in [-0.25, -0.2) is 9.59 Å². The molecule has 0 aliphatic rings. The van der Waals surface area contributed by atoms with Gasteiger partial charge in [-0.3, -0.25) is 0 Å². The number of hydrogen-bond donors (Lipinski definition) is 0. The number of esters is 1. The van der Waals surface area contributed by atoms with Crippen LogP contribution in [0, 0.1) is 3.57 Å². The van der Waals surface area contributed by atoms with Crippen LogP contribution in [-0.2, 0) is 9.47 Å². The van der Waals surface area contributed by atoms with Gasteiger partial charge < -0.3 is 18.6 Å². The summed E-state index contributed by atoms with van der Waals surface area (Å²) < 4.78 is 21.0. The van der Waals surface area contributed by atoms with Crippen molar-refractivity contribution in [3.63, 3.8) is 0 Å². The molecule has 0 fully saturated rings. The van der Waals surface area contributed by atoms with Gasteiger partial charge in [-0.05, 0) is 50.3 Å². The molecule has 0 saturated carbocycles. The molecule has 0 saturated heterocycles. The van der Waals surface area contributed by atoms with E-state index in [1.165, 1.54) is 13.2 Å². The maximum absolute atomic E-state index is 11.9. The summed E-state index contributed by atoms with van der Waals surface area (Å²) in [5, 5.41) is 0. The third kappa shape index (κ3) is 5.66. The third-order valence-electron chi connectivity index (χ3n) is 2.32. The zero-order valence-electron chi connectivity index (χ0n) is 12.7. The summed E-state index contributed by atoms with van der Waals surface area (Å²) in [6.07, 6.45) is -0.329. The minimum atomic E-state index is -0.718. The fourth-order valence-corrected chi connectivity index (χ4v) is 1.99. The van der Waals surface area contributed by atoms with Crippen LogP contribution in [0.5, 0.6) is 5.75 Å². The van der Waals surface area contributed by atoms with Crippen molar-refractivity contribution in [3.05, 3.63) is 25.8 Å². The lowest BCUT2D eigenvalue weighted by molar-refractivity contribution is -0.0382. The molecule has 0 amide bonds. The van der Waals surface area contributed by atoms with Crippen LogP contribution in [-0.4, -0.2) is 31.4 Å². The Kier molecular flexibility index (Phi) is 6.21. The average molecular weight is 410 g/mol. The maximum Gasteiger partial charge on any atom is 0.380 e. The van der Waals surface area contributed by atoms with Crippen molar-refractivity contribution in [2.24, 2.45) is 0 Å². The summed E-state index contributed by atoms with van der Waals surface area (Å²) in [6, 6.07) is 1.40. The SMILES string of the molecule is COC(=O)c1cc(I)c(OC(C)COC(C)(C)C)c(=O)o1. The molecule has 1 heterocycles. The molecule has 1 aromatic heterocycles. The molecule has 21 heavy (non-hydrogen) atoms. The van der Waals surface area contributed by atoms with E-state index in [4.69, 9.17) is 13.9 Å². The molecule has 1 atom stereocenters. The molecule has 6 nitrogen and oxygen atoms in total. The van der Waals surface area contributed by atoms with E-state index in [0.717, 1.165) is 0 Å². The van der Waals surface area contributed by atoms with Crippen molar-refractivity contribution in [3.8, 4) is 5.75 Å². The Bertz CT molecular complexity index is 558. The summed E-state index contributed by atoms with van der Waals surface area (Å²) in [6.45, 7) is 7.92. The number of halogens is 1. The van der Waals surface area contributed by atoms with Gasteiger partial charge >= 0.3 is 11.6 Å². The number of carbonyl (C=O) groups excluding carboxylic acids is 1. The lowest BCUT2D eigenvalue weighted by Crippen LogP contribution is -2.29. The fourth-order valence-electron chi connectivity index (χ4n) is 1.36. The lowest BCUT2D eigenvalue weighted by atomic mass is 10.2. The smallest absolute Gasteiger partial charge is 0.380 e. The molecule has 0 aromatic carbocycles. The zero-order chi connectivity index (χ0) is 16.2. The fraction of sp³-hybridized carbons (Fsp3) is 0.571. The lowest BCUT2D eigenvalue weighted by Gasteiger charge is -2.23. The van der Waals surface area contributed by atoms with Crippen molar-refractivity contribution >= 4 is 28.6 Å². The number of methoxy groups -OCH3 is 1. The van der Waals surface area contributed by atoms with Crippen molar-refractivity contribution in [2.75, 3.05) is 13.7 Å². The molecular formula is C14H19IO6. The molecule has 1 rings (SSSR count). The highest BCUT2D eigenvalue weighted by atomic mass is 127. The summed E-state index contributed by atoms with van der Waals surface area (Å²) in [4.78, 5) is 23.2. The zero-order valence-corrected chi connectivity index (χ0v) is 14.8. The van der Waals surface area contributed by atoms with E-state index >= 15 is 0 Å². The first kappa shape index (κ1) is 18.0. The number of hydrogen-bond acceptors (Lipinski definition) is 6. The minimum absolute atomic E-state index is 0.0632. The van der Waals surface area contributed by atoms with Crippen LogP contribution < -0.4 is 10.4 Å². The van der Waals surface area contributed by atoms with Crippen LogP contribution in [0.2, 0.25) is 0 Å². The summed E-state index contributed by atoms with van der Waals surface area (Å²) in [5.41, 5.74) is -1.01. The summed E-state index contributed by atoms with van der Waals surface area (Å²) >= 11 is 1.91. The van der Waals surface area contributed by atoms with Crippen molar-refractivity contribution in [2.45, 2.75) is 39.4 Å². The molecule has 1 aromatic rings. The molecule has 0 aliphatic heterocycles. The molecular weight excluding hydrogens is 391 g/mol. The topological polar surface area (TPSA) is 75.0 Å². The second kappa shape index (κ2) is 7.26. The normalized spacial score (nSPS) is 12.9. The molecule has 0 radical (unpaired) electrons. The molecule has 1 unspecified atom stereocenters. The number of carbonyl (C=O) groups is 1. The second-order valence-corrected chi connectivity index (χ2v) is 6.58. The molecule has 0 N–H and O–H groups in total. The Labute approximate surface area is 136 Å². The van der Waals surface area contributed by atoms with Crippen LogP contribution in [0.1, 0.15) is 38.2 Å². The van der Waals surface area contributed by atoms with E-state index < -0.39 is 11.6 Å². The van der Waals surface area contributed by atoms with Gasteiger partial charge in [0.15, 0.2) is 0 Å². The van der Waals surface area contributed by atoms with E-state index in [9.17, 15) is 9.59 Å². The van der Waals surface area contributed by atoms with Crippen LogP contribution in [0.4, 0.5) is 0 Å². The van der Waals surface area contributed by atoms with Gasteiger partial charge in [0.05, 0.1) is 22.9 Å². The Morgan fingerprint density at radius 2 is 2.05 bits per heavy atom. The van der Waals surface area contributed by atoms with Gasteiger partial charge in [0.2, 0.25) is 11.5 Å². The summed E-state index contributed by atoms with van der Waals surface area (Å²) in [5.74, 6) is -0.799. The van der Waals surface area contributed by atoms with Crippen molar-refractivity contribution in [1.82, 2.24) is 0 Å². The molecule has 0 spiro atoms. The van der Waals surface area contributed by atoms with Crippen molar-refractivity contribution in [1.29, 1.82) is 0 Å². The first-order valence-electron chi connectivity index (χ1n) is 6.36. The molecule has 118 valence electrons. The Hall–Kier alpha value is -1.09. The van der Waals surface area contributed by atoms with Crippen LogP contribution in [0.3, 0.4) is 0 Å². The van der Waals surface area contributed by atoms with Crippen LogP contribution in [0.25, 0.3) is 0 Å². The highest BCUT2D eigenvalue weighted by Crippen LogP contribution is 2.20. The Morgan fingerprint density at radius 3 is 2.52 bits per heavy atom. The Balaban J connectivity index is 2.85. The van der Waals surface area contributed by atoms with E-state index in [0.29, 0.717) is 10.2 Å². The van der Waals surface area contributed by atoms with E-state index in [2.05, 4.69) is 4.74 Å². The van der Waals surface area contributed by atoms with E-state index in [1.807, 2.05) is 43.4 Å². The van der Waals surface area contributed by atoms with Gasteiger partial charge in [0.25, 0.3) is 0 Å². The standard InChI is InChI=1S/C14H19IO6/c1-8(7-19-14(2,3)4)20-11-9(15)6-10(12(16)18-5)21-13(11)17/h6,8H,7H2,1-5H3.